The molecule has 18 N–H and O–H groups in total. The number of nitrogens with two attached hydrogens (primary N) is 2. The minimum atomic E-state index is -1.98. The summed E-state index contributed by atoms with van der Waals surface area (Å²) in [6.45, 7) is 8.85. The topological polar surface area (TPSA) is 570 Å². The molecule has 0 aromatic heterocycles. The van der Waals surface area contributed by atoms with Gasteiger partial charge in [-0.25, -0.2) is 0 Å². The molecule has 1 unspecified atom stereocenters. The van der Waals surface area contributed by atoms with Crippen molar-refractivity contribution in [3.05, 3.63) is 35.4 Å². The van der Waals surface area contributed by atoms with E-state index in [-0.39, 0.29) is 81.0 Å². The molecule has 0 bridgehead atoms. The molecule has 0 saturated carbocycles. The highest BCUT2D eigenvalue weighted by Gasteiger charge is 2.42. The van der Waals surface area contributed by atoms with E-state index in [1.165, 1.54) is 115 Å². The molecule has 37 nitrogen and oxygen atoms in total. The number of carboxylic acids is 3. The molecule has 0 aliphatic carbocycles. The minimum Gasteiger partial charge on any atom is -0.481 e. The van der Waals surface area contributed by atoms with Gasteiger partial charge >= 0.3 is 17.9 Å². The maximum absolute atomic E-state index is 14.8. The second kappa shape index (κ2) is 61.4. The molecular formula is C82H134IN15O22S2. The highest BCUT2D eigenvalue weighted by Crippen LogP contribution is 2.25. The van der Waals surface area contributed by atoms with Crippen LogP contribution in [0.2, 0.25) is 0 Å². The molecule has 1 saturated heterocycles. The maximum atomic E-state index is 14.8. The van der Waals surface area contributed by atoms with Crippen molar-refractivity contribution in [3.8, 4) is 0 Å². The van der Waals surface area contributed by atoms with Crippen LogP contribution in [0.3, 0.4) is 0 Å². The largest absolute Gasteiger partial charge is 0.481 e. The number of alkyl halides is 1. The highest BCUT2D eigenvalue weighted by atomic mass is 127. The fraction of sp³-hybridized carbons (Fsp3) is 0.707. The number of carboxylic acid groups (broad SMARTS) is 3. The molecule has 0 radical (unpaired) electrons. The second-order valence-corrected chi connectivity index (χ2v) is 34.6. The molecule has 1 heterocycles. The lowest BCUT2D eigenvalue weighted by Crippen LogP contribution is -2.61. The Morgan fingerprint density at radius 2 is 1.02 bits per heavy atom. The fourth-order valence-corrected chi connectivity index (χ4v) is 15.7. The van der Waals surface area contributed by atoms with Crippen LogP contribution in [0.4, 0.5) is 0 Å². The summed E-state index contributed by atoms with van der Waals surface area (Å²) in [5.41, 5.74) is 12.7. The van der Waals surface area contributed by atoms with Crippen LogP contribution in [0.15, 0.2) is 24.3 Å². The number of nitrogens with one attached hydrogen (secondary N) is 10. The monoisotopic (exact) mass is 1870 g/mol. The lowest BCUT2D eigenvalue weighted by atomic mass is 10.0. The van der Waals surface area contributed by atoms with Gasteiger partial charge in [0.2, 0.25) is 88.6 Å². The van der Waals surface area contributed by atoms with Crippen LogP contribution >= 0.6 is 46.1 Å². The Balaban J connectivity index is 2.37. The molecule has 15 amide bonds. The number of nitrogens with zero attached hydrogens (tertiary/aromatic N) is 3. The molecule has 1 aromatic carbocycles. The number of halogens is 1. The van der Waals surface area contributed by atoms with Crippen molar-refractivity contribution in [1.82, 2.24) is 67.9 Å². The average molecular weight is 1870 g/mol. The predicted octanol–water partition coefficient (Wildman–Crippen LogP) is 3.03. The molecule has 0 spiro atoms. The standard InChI is InChI=1S/C82H134IN15O22S2/c1-9-11-12-13-14-15-16-17-18-19-20-21-22-23-24-31-65(101)86-39-38-68(104)96(7)62(43-52(5)6)79(117)92-56(32-35-63(84)99)75(113)94-60(50-122-49-54-29-26-25-28-53(54)48-121-8)77(115)93-59(44-71(109)110)82(120)98-41-27-30-61(98)78(116)91-57(34-37-70(107)108)76(114)95-72(73(83)111)80(118)88-46-66(102)89-55(33-36-69(105)106)74(112)87-45-67(103)90-58(42-51(3)4)81(119)97(40-10-2)47-64(85)100/h25-26,28-29,51-52,55-62,72-73,111H,9-24,27,30-50H2,1-8H3,(H2,84,99)(H2,85,100)(H,86,101)(H,87,112)(H,88,118)(H,89,102)(H,90,103)(H,91,116)(H,92,117)(H,93,115)(H,94,113)(H,95,114)(H,105,106)(H,107,108)(H,109,110)/t55-,56?,57-,58-,59-,60-,61-,62-,72-,73-/m0/s1. The van der Waals surface area contributed by atoms with Crippen LogP contribution in [0, 0.1) is 11.8 Å². The van der Waals surface area contributed by atoms with Gasteiger partial charge in [0.15, 0.2) is 0 Å². The van der Waals surface area contributed by atoms with Crippen LogP contribution in [-0.4, -0.2) is 258 Å². The first-order valence-electron chi connectivity index (χ1n) is 42.3. The van der Waals surface area contributed by atoms with Crippen LogP contribution in [0.25, 0.3) is 0 Å². The summed E-state index contributed by atoms with van der Waals surface area (Å²) in [6.07, 6.45) is 15.7. The summed E-state index contributed by atoms with van der Waals surface area (Å²) in [5.74, 6) is -17.9. The number of amides is 15. The quantitative estimate of drug-likeness (QED) is 0.0253. The zero-order chi connectivity index (χ0) is 91.4. The number of rotatable bonds is 66. The third-order valence-corrected chi connectivity index (χ3v) is 22.4. The predicted molar refractivity (Wildman–Crippen MR) is 467 cm³/mol. The zero-order valence-corrected chi connectivity index (χ0v) is 75.7. The van der Waals surface area contributed by atoms with Crippen molar-refractivity contribution in [1.29, 1.82) is 0 Å². The molecule has 1 aromatic rings. The van der Waals surface area contributed by atoms with Gasteiger partial charge in [0.1, 0.15) is 58.5 Å². The number of carbonyl (C=O) groups excluding carboxylic acids is 15. The van der Waals surface area contributed by atoms with Crippen molar-refractivity contribution in [2.24, 2.45) is 23.3 Å². The number of aliphatic carboxylic acids is 3. The van der Waals surface area contributed by atoms with Gasteiger partial charge in [0.25, 0.3) is 0 Å². The number of aliphatic hydroxyl groups excluding tert-OH is 1. The summed E-state index contributed by atoms with van der Waals surface area (Å²) in [5, 5.41) is 64.5. The van der Waals surface area contributed by atoms with Gasteiger partial charge in [-0.15, -0.1) is 0 Å². The average Bonchev–Trinajstić information content (AvgIpc) is 1.65. The first kappa shape index (κ1) is 109. The number of hydrogen-bond acceptors (Lipinski definition) is 21. The van der Waals surface area contributed by atoms with Crippen molar-refractivity contribution in [2.75, 3.05) is 58.3 Å². The molecule has 1 aliphatic heterocycles. The van der Waals surface area contributed by atoms with E-state index in [4.69, 9.17) is 11.5 Å². The Bertz CT molecular complexity index is 3580. The van der Waals surface area contributed by atoms with E-state index in [0.29, 0.717) is 25.0 Å². The Hall–Kier alpha value is -8.93. The molecular weight excluding hydrogens is 1740 g/mol. The van der Waals surface area contributed by atoms with Gasteiger partial charge in [0.05, 0.1) is 26.1 Å². The van der Waals surface area contributed by atoms with Gasteiger partial charge < -0.3 is 99.8 Å². The summed E-state index contributed by atoms with van der Waals surface area (Å²) < 4.78 is -1.82. The van der Waals surface area contributed by atoms with Gasteiger partial charge in [-0.05, 0) is 110 Å². The molecule has 1 aliphatic rings. The van der Waals surface area contributed by atoms with Crippen LogP contribution in [-0.2, 0) is 97.8 Å². The Kier molecular flexibility index (Phi) is 54.9. The Morgan fingerprint density at radius 1 is 0.525 bits per heavy atom. The number of hydrogen-bond donors (Lipinski definition) is 16. The SMILES string of the molecule is CCCCCCCCCCCCCCCCCC(=O)NCCC(=O)N(C)[C@@H](CC(C)C)C(=O)NC(CCC(N)=O)C(=O)N[C@@H](CSCc1ccccc1CSC)C(=O)N[C@@H](CC(=O)O)C(=O)N1CCC[C@H]1C(=O)N[C@@H](CCC(=O)O)C(=O)N[C@H](C(=O)NCC(=O)N[C@@H](CCC(=O)O)C(=O)NCC(=O)N[C@@H](CC(C)C)C(=O)N(CCC)CC(N)=O)[C@H](O)I. The number of primary amides is 2. The Labute approximate surface area is 737 Å². The summed E-state index contributed by atoms with van der Waals surface area (Å²) >= 11 is 4.04. The van der Waals surface area contributed by atoms with Gasteiger partial charge in [-0.2, -0.15) is 23.5 Å². The van der Waals surface area contributed by atoms with E-state index < -0.39 is 224 Å². The molecule has 10 atom stereocenters. The lowest BCUT2D eigenvalue weighted by Gasteiger charge is -2.31. The highest BCUT2D eigenvalue weighted by molar-refractivity contribution is 14.1. The van der Waals surface area contributed by atoms with E-state index in [1.54, 1.807) is 32.5 Å². The summed E-state index contributed by atoms with van der Waals surface area (Å²) in [7, 11) is 1.41. The number of aliphatic hydroxyl groups is 1. The molecule has 122 heavy (non-hydrogen) atoms. The normalized spacial score (nSPS) is 14.6. The number of benzene rings is 1. The third kappa shape index (κ3) is 45.4. The van der Waals surface area contributed by atoms with E-state index in [0.717, 1.165) is 41.7 Å². The number of unbranched alkanes of at least 4 members (excludes halogenated alkanes) is 14. The number of carbonyl (C=O) groups is 18. The summed E-state index contributed by atoms with van der Waals surface area (Å²) in [6, 6.07) is -7.13. The van der Waals surface area contributed by atoms with E-state index in [1.807, 2.05) is 44.4 Å². The number of thioether (sulfide) groups is 2. The van der Waals surface area contributed by atoms with Crippen LogP contribution in [0.1, 0.15) is 239 Å². The molecule has 40 heteroatoms. The first-order valence-corrected chi connectivity index (χ1v) is 46.1. The second-order valence-electron chi connectivity index (χ2n) is 31.5. The van der Waals surface area contributed by atoms with Crippen molar-refractivity contribution in [2.45, 2.75) is 298 Å². The zero-order valence-electron chi connectivity index (χ0n) is 71.9. The number of likely N-dealkylation sites (N-methyl/N-ethyl adjacent to an activating group) is 1. The lowest BCUT2D eigenvalue weighted by molar-refractivity contribution is -0.146. The van der Waals surface area contributed by atoms with Crippen molar-refractivity contribution < 1.29 is 107 Å². The Morgan fingerprint density at radius 3 is 1.53 bits per heavy atom. The van der Waals surface area contributed by atoms with E-state index in [2.05, 4.69) is 60.1 Å². The van der Waals surface area contributed by atoms with Gasteiger partial charge in [-0.1, -0.05) is 156 Å². The van der Waals surface area contributed by atoms with Gasteiger partial charge in [-0.3, -0.25) is 86.3 Å². The molecule has 688 valence electrons. The smallest absolute Gasteiger partial charge is 0.305 e. The van der Waals surface area contributed by atoms with E-state index >= 15 is 0 Å². The van der Waals surface area contributed by atoms with Gasteiger partial charge in [0, 0.05) is 76.0 Å². The van der Waals surface area contributed by atoms with E-state index in [9.17, 15) is 107 Å². The fourth-order valence-electron chi connectivity index (χ4n) is 13.6. The van der Waals surface area contributed by atoms with Crippen LogP contribution in [0.5, 0.6) is 0 Å². The third-order valence-electron chi connectivity index (χ3n) is 20.0. The minimum absolute atomic E-state index is 0.00887. The first-order chi connectivity index (χ1) is 57.8. The van der Waals surface area contributed by atoms with Crippen LogP contribution < -0.4 is 64.6 Å². The molecule has 1 fully saturated rings. The maximum Gasteiger partial charge on any atom is 0.305 e. The molecule has 2 rings (SSSR count). The van der Waals surface area contributed by atoms with Crippen molar-refractivity contribution >= 4 is 153 Å². The van der Waals surface area contributed by atoms with Crippen molar-refractivity contribution in [3.63, 3.8) is 0 Å². The summed E-state index contributed by atoms with van der Waals surface area (Å²) in [4.78, 5) is 245. The number of likely N-dealkylation sites (tertiary alicyclic amines) is 1.